The molecule has 3 heterocycles. The Hall–Kier alpha value is -2.82. The third-order valence-corrected chi connectivity index (χ3v) is 4.68. The average molecular weight is 413 g/mol. The standard InChI is InChI=1S/C18H16F5N5O/c19-17(20)7-2-8-27(10-17)9-14(29)26-16-24-12-5-6-13(18(21,22)23)25-15(12)28(16)11-3-1-4-11/h1,3-6H,2,7-10H2,(H,24,26,29). The van der Waals surface area contributed by atoms with Crippen molar-refractivity contribution < 1.29 is 26.7 Å². The monoisotopic (exact) mass is 413 g/mol. The van der Waals surface area contributed by atoms with Crippen LogP contribution in [0.25, 0.3) is 16.9 Å². The third kappa shape index (κ3) is 4.00. The lowest BCUT2D eigenvalue weighted by atomic mass is 10.1. The van der Waals surface area contributed by atoms with Gasteiger partial charge in [-0.25, -0.2) is 18.7 Å². The first-order valence-corrected chi connectivity index (χ1v) is 8.88. The minimum Gasteiger partial charge on any atom is -0.294 e. The molecule has 1 aliphatic carbocycles. The van der Waals surface area contributed by atoms with E-state index in [1.54, 1.807) is 18.2 Å². The first-order valence-electron chi connectivity index (χ1n) is 8.88. The summed E-state index contributed by atoms with van der Waals surface area (Å²) in [5.41, 5.74) is -0.475. The highest BCUT2D eigenvalue weighted by atomic mass is 19.4. The number of carbonyl (C=O) groups excluding carboxylic acids is 1. The molecule has 0 saturated carbocycles. The largest absolute Gasteiger partial charge is 0.433 e. The number of carbonyl (C=O) groups is 1. The van der Waals surface area contributed by atoms with Crippen molar-refractivity contribution in [2.45, 2.75) is 24.9 Å². The molecule has 0 bridgehead atoms. The second-order valence-corrected chi connectivity index (χ2v) is 6.98. The highest BCUT2D eigenvalue weighted by Gasteiger charge is 2.36. The van der Waals surface area contributed by atoms with Gasteiger partial charge in [0.05, 0.1) is 18.8 Å². The van der Waals surface area contributed by atoms with Gasteiger partial charge in [-0.2, -0.15) is 13.2 Å². The maximum Gasteiger partial charge on any atom is 0.433 e. The van der Waals surface area contributed by atoms with Gasteiger partial charge < -0.3 is 0 Å². The summed E-state index contributed by atoms with van der Waals surface area (Å²) >= 11 is 0. The number of hydrogen-bond donors (Lipinski definition) is 1. The number of nitrogens with one attached hydrogen (secondary N) is 1. The van der Waals surface area contributed by atoms with E-state index in [2.05, 4.69) is 15.3 Å². The number of imidazole rings is 1. The highest BCUT2D eigenvalue weighted by Crippen LogP contribution is 2.32. The third-order valence-electron chi connectivity index (χ3n) is 4.68. The summed E-state index contributed by atoms with van der Waals surface area (Å²) in [4.78, 5) is 21.5. The van der Waals surface area contributed by atoms with Crippen LogP contribution >= 0.6 is 0 Å². The number of anilines is 1. The lowest BCUT2D eigenvalue weighted by Crippen LogP contribution is -2.45. The zero-order valence-corrected chi connectivity index (χ0v) is 15.0. The summed E-state index contributed by atoms with van der Waals surface area (Å²) in [6, 6.07) is 1.98. The van der Waals surface area contributed by atoms with E-state index in [0.29, 0.717) is 12.2 Å². The number of halogens is 5. The van der Waals surface area contributed by atoms with Crippen LogP contribution in [-0.4, -0.2) is 50.9 Å². The molecule has 29 heavy (non-hydrogen) atoms. The van der Waals surface area contributed by atoms with Crippen molar-refractivity contribution in [3.8, 4) is 0 Å². The van der Waals surface area contributed by atoms with Crippen molar-refractivity contribution in [1.82, 2.24) is 19.4 Å². The number of rotatable bonds is 4. The van der Waals surface area contributed by atoms with E-state index in [0.717, 1.165) is 6.07 Å². The van der Waals surface area contributed by atoms with Crippen molar-refractivity contribution in [1.29, 1.82) is 0 Å². The van der Waals surface area contributed by atoms with Crippen LogP contribution in [-0.2, 0) is 11.0 Å². The Morgan fingerprint density at radius 1 is 1.24 bits per heavy atom. The summed E-state index contributed by atoms with van der Waals surface area (Å²) in [5, 5.41) is 2.51. The zero-order valence-electron chi connectivity index (χ0n) is 15.0. The molecule has 0 radical (unpaired) electrons. The van der Waals surface area contributed by atoms with Gasteiger partial charge in [-0.3, -0.25) is 19.6 Å². The molecule has 154 valence electrons. The highest BCUT2D eigenvalue weighted by molar-refractivity contribution is 5.94. The van der Waals surface area contributed by atoms with Gasteiger partial charge >= 0.3 is 6.18 Å². The number of likely N-dealkylation sites (tertiary alicyclic amines) is 1. The molecule has 0 aromatic carbocycles. The molecular weight excluding hydrogens is 397 g/mol. The lowest BCUT2D eigenvalue weighted by molar-refractivity contribution is -0.141. The number of nitrogens with zero attached hydrogens (tertiary/aromatic N) is 4. The van der Waals surface area contributed by atoms with Crippen molar-refractivity contribution >= 4 is 28.7 Å². The number of alkyl halides is 5. The summed E-state index contributed by atoms with van der Waals surface area (Å²) in [6.07, 6.45) is 0.370. The van der Waals surface area contributed by atoms with Crippen LogP contribution < -0.4 is 5.32 Å². The van der Waals surface area contributed by atoms with E-state index in [1.165, 1.54) is 15.5 Å². The van der Waals surface area contributed by atoms with Gasteiger partial charge in [0.2, 0.25) is 11.9 Å². The second kappa shape index (κ2) is 6.90. The van der Waals surface area contributed by atoms with Gasteiger partial charge in [-0.1, -0.05) is 6.08 Å². The van der Waals surface area contributed by atoms with Gasteiger partial charge in [0.15, 0.2) is 5.65 Å². The molecule has 1 saturated heterocycles. The van der Waals surface area contributed by atoms with Gasteiger partial charge in [0.25, 0.3) is 5.92 Å². The fourth-order valence-corrected chi connectivity index (χ4v) is 3.32. The average Bonchev–Trinajstić information content (AvgIpc) is 2.88. The molecule has 2 aliphatic rings. The molecule has 4 rings (SSSR count). The van der Waals surface area contributed by atoms with Gasteiger partial charge in [-0.15, -0.1) is 0 Å². The van der Waals surface area contributed by atoms with Crippen LogP contribution in [0.1, 0.15) is 18.5 Å². The Kier molecular flexibility index (Phi) is 4.64. The van der Waals surface area contributed by atoms with Crippen LogP contribution in [0.5, 0.6) is 0 Å². The molecule has 2 aromatic heterocycles. The molecule has 0 spiro atoms. The number of amides is 1. The van der Waals surface area contributed by atoms with E-state index in [-0.39, 0.29) is 36.5 Å². The minimum absolute atomic E-state index is 0.0174. The maximum atomic E-state index is 13.5. The Bertz CT molecular complexity index is 1020. The van der Waals surface area contributed by atoms with Crippen molar-refractivity contribution in [3.63, 3.8) is 0 Å². The van der Waals surface area contributed by atoms with E-state index < -0.39 is 30.2 Å². The molecule has 1 amide bonds. The predicted octanol–water partition coefficient (Wildman–Crippen LogP) is 3.53. The Balaban J connectivity index is 1.60. The molecular formula is C18H16F5N5O. The fourth-order valence-electron chi connectivity index (χ4n) is 3.32. The first kappa shape index (κ1) is 19.5. The fraction of sp³-hybridized carbons (Fsp3) is 0.389. The predicted molar refractivity (Wildman–Crippen MR) is 95.2 cm³/mol. The molecule has 0 unspecified atom stereocenters. The SMILES string of the molecule is O=C(CN1CCCC(F)(F)C1)Nc1nc2ccc(C(F)(F)F)nc2n1C1=CC=C1. The van der Waals surface area contributed by atoms with E-state index in [4.69, 9.17) is 0 Å². The molecule has 0 atom stereocenters. The molecule has 11 heteroatoms. The molecule has 1 N–H and O–H groups in total. The van der Waals surface area contributed by atoms with Crippen LogP contribution in [0.3, 0.4) is 0 Å². The summed E-state index contributed by atoms with van der Waals surface area (Å²) < 4.78 is 67.4. The normalized spacial score (nSPS) is 19.1. The number of aromatic nitrogens is 3. The first-order chi connectivity index (χ1) is 13.6. The minimum atomic E-state index is -4.63. The Morgan fingerprint density at radius 3 is 2.62 bits per heavy atom. The molecule has 6 nitrogen and oxygen atoms in total. The van der Waals surface area contributed by atoms with Crippen LogP contribution in [0.2, 0.25) is 0 Å². The van der Waals surface area contributed by atoms with Crippen LogP contribution in [0.4, 0.5) is 27.9 Å². The second-order valence-electron chi connectivity index (χ2n) is 6.98. The summed E-state index contributed by atoms with van der Waals surface area (Å²) in [5.74, 6) is -3.44. The van der Waals surface area contributed by atoms with E-state index in [9.17, 15) is 26.7 Å². The number of allylic oxidation sites excluding steroid dienone is 4. The summed E-state index contributed by atoms with van der Waals surface area (Å²) in [6.45, 7) is -0.417. The summed E-state index contributed by atoms with van der Waals surface area (Å²) in [7, 11) is 0. The Labute approximate surface area is 161 Å². The Morgan fingerprint density at radius 2 is 2.00 bits per heavy atom. The van der Waals surface area contributed by atoms with E-state index >= 15 is 0 Å². The lowest BCUT2D eigenvalue weighted by Gasteiger charge is -2.31. The topological polar surface area (TPSA) is 63.1 Å². The number of hydrogen-bond acceptors (Lipinski definition) is 4. The van der Waals surface area contributed by atoms with E-state index in [1.807, 2.05) is 0 Å². The maximum absolute atomic E-state index is 13.5. The van der Waals surface area contributed by atoms with Gasteiger partial charge in [0.1, 0.15) is 11.2 Å². The quantitative estimate of drug-likeness (QED) is 0.779. The molecule has 1 fully saturated rings. The number of pyridine rings is 1. The van der Waals surface area contributed by atoms with Crippen molar-refractivity contribution in [2.75, 3.05) is 25.0 Å². The van der Waals surface area contributed by atoms with Crippen molar-refractivity contribution in [2.24, 2.45) is 0 Å². The number of fused-ring (bicyclic) bond motifs is 1. The molecule has 2 aromatic rings. The number of piperidine rings is 1. The zero-order chi connectivity index (χ0) is 20.8. The van der Waals surface area contributed by atoms with Crippen LogP contribution in [0, 0.1) is 0 Å². The van der Waals surface area contributed by atoms with Crippen molar-refractivity contribution in [3.05, 3.63) is 36.1 Å². The molecule has 1 aliphatic heterocycles. The van der Waals surface area contributed by atoms with Crippen LogP contribution in [0.15, 0.2) is 30.4 Å². The van der Waals surface area contributed by atoms with Gasteiger partial charge in [-0.05, 0) is 37.3 Å². The van der Waals surface area contributed by atoms with Gasteiger partial charge in [0, 0.05) is 6.42 Å². The smallest absolute Gasteiger partial charge is 0.294 e.